The molecule has 0 spiro atoms. The molecule has 1 aromatic heterocycles. The molecule has 0 N–H and O–H groups in total. The maximum Gasteiger partial charge on any atom is 0.281 e. The minimum absolute atomic E-state index is 0.0122. The second-order valence-corrected chi connectivity index (χ2v) is 7.74. The van der Waals surface area contributed by atoms with Crippen LogP contribution in [-0.2, 0) is 9.53 Å². The van der Waals surface area contributed by atoms with Crippen LogP contribution in [0.15, 0.2) is 45.7 Å². The van der Waals surface area contributed by atoms with Gasteiger partial charge in [0.25, 0.3) is 11.6 Å². The van der Waals surface area contributed by atoms with E-state index in [1.165, 1.54) is 28.9 Å². The predicted octanol–water partition coefficient (Wildman–Crippen LogP) is 3.30. The summed E-state index contributed by atoms with van der Waals surface area (Å²) in [5.74, 6) is 0.771. The number of amides is 1. The number of nitro benzene ring substituents is 1. The number of non-ortho nitro benzene ring substituents is 1. The number of carbonyl (C=O) groups is 1. The fourth-order valence-corrected chi connectivity index (χ4v) is 4.23. The molecule has 10 heteroatoms. The molecule has 0 unspecified atom stereocenters. The topological polar surface area (TPSA) is 89.1 Å². The van der Waals surface area contributed by atoms with Crippen LogP contribution in [0.25, 0.3) is 17.4 Å². The van der Waals surface area contributed by atoms with Crippen molar-refractivity contribution >= 4 is 46.0 Å². The summed E-state index contributed by atoms with van der Waals surface area (Å²) in [4.78, 5) is 23.7. The summed E-state index contributed by atoms with van der Waals surface area (Å²) in [6.45, 7) is 2.33. The minimum Gasteiger partial charge on any atom is -0.457 e. The highest BCUT2D eigenvalue weighted by Gasteiger charge is 2.37. The predicted molar refractivity (Wildman–Crippen MR) is 108 cm³/mol. The van der Waals surface area contributed by atoms with Gasteiger partial charge in [0.2, 0.25) is 0 Å². The lowest BCUT2D eigenvalue weighted by Gasteiger charge is -2.33. The van der Waals surface area contributed by atoms with Crippen molar-refractivity contribution in [2.75, 3.05) is 26.3 Å². The highest BCUT2D eigenvalue weighted by molar-refractivity contribution is 8.26. The molecule has 1 aromatic carbocycles. The molecular weight excluding hydrogens is 402 g/mol. The van der Waals surface area contributed by atoms with Crippen LogP contribution in [0, 0.1) is 10.1 Å². The van der Waals surface area contributed by atoms with Crippen molar-refractivity contribution in [3.05, 3.63) is 57.2 Å². The van der Waals surface area contributed by atoms with Gasteiger partial charge in [-0.1, -0.05) is 36.1 Å². The number of thioether (sulfide) groups is 1. The third-order valence-corrected chi connectivity index (χ3v) is 5.57. The first-order chi connectivity index (χ1) is 13.5. The van der Waals surface area contributed by atoms with Crippen molar-refractivity contribution < 1.29 is 18.9 Å². The van der Waals surface area contributed by atoms with Crippen molar-refractivity contribution in [2.24, 2.45) is 0 Å². The van der Waals surface area contributed by atoms with E-state index in [1.807, 2.05) is 5.01 Å². The van der Waals surface area contributed by atoms with Gasteiger partial charge in [-0.05, 0) is 12.1 Å². The first-order valence-electron chi connectivity index (χ1n) is 8.48. The van der Waals surface area contributed by atoms with Crippen LogP contribution in [0.2, 0.25) is 0 Å². The Hall–Kier alpha value is -2.53. The average Bonchev–Trinajstić information content (AvgIpc) is 3.27. The van der Waals surface area contributed by atoms with Crippen molar-refractivity contribution in [2.45, 2.75) is 0 Å². The van der Waals surface area contributed by atoms with Crippen LogP contribution in [0.3, 0.4) is 0 Å². The highest BCUT2D eigenvalue weighted by atomic mass is 32.2. The Labute approximate surface area is 169 Å². The quantitative estimate of drug-likeness (QED) is 0.324. The number of thiocarbonyl (C=S) groups is 1. The van der Waals surface area contributed by atoms with Crippen LogP contribution in [0.5, 0.6) is 0 Å². The molecule has 3 heterocycles. The minimum atomic E-state index is -0.454. The first kappa shape index (κ1) is 18.8. The van der Waals surface area contributed by atoms with Crippen LogP contribution < -0.4 is 0 Å². The van der Waals surface area contributed by atoms with Gasteiger partial charge in [0.1, 0.15) is 11.5 Å². The van der Waals surface area contributed by atoms with E-state index in [0.717, 1.165) is 0 Å². The molecule has 2 aromatic rings. The van der Waals surface area contributed by atoms with Gasteiger partial charge in [-0.2, -0.15) is 0 Å². The Morgan fingerprint density at radius 3 is 2.75 bits per heavy atom. The highest BCUT2D eigenvalue weighted by Crippen LogP contribution is 2.35. The number of nitro groups is 1. The van der Waals surface area contributed by atoms with Gasteiger partial charge < -0.3 is 9.15 Å². The number of hydrogen-bond acceptors (Lipinski definition) is 8. The summed E-state index contributed by atoms with van der Waals surface area (Å²) in [5.41, 5.74) is 0.580. The number of hydrogen-bond donors (Lipinski definition) is 0. The van der Waals surface area contributed by atoms with Crippen LogP contribution in [0.4, 0.5) is 5.69 Å². The van der Waals surface area contributed by atoms with E-state index in [0.29, 0.717) is 52.6 Å². The van der Waals surface area contributed by atoms with Gasteiger partial charge in [-0.15, -0.1) is 0 Å². The molecule has 0 bridgehead atoms. The molecule has 1 amide bonds. The lowest BCUT2D eigenvalue weighted by molar-refractivity contribution is -0.384. The van der Waals surface area contributed by atoms with Crippen molar-refractivity contribution in [1.29, 1.82) is 0 Å². The van der Waals surface area contributed by atoms with Gasteiger partial charge in [0.05, 0.1) is 23.0 Å². The third-order valence-electron chi connectivity index (χ3n) is 4.29. The average molecular weight is 417 g/mol. The zero-order valence-electron chi connectivity index (χ0n) is 14.6. The molecule has 2 aliphatic heterocycles. The SMILES string of the molecule is O=C1/C(=C\c2ccc(-c3cccc([N+](=O)[O-])c3)o2)SC(=S)N1N1CCOCC1. The molecule has 28 heavy (non-hydrogen) atoms. The van der Waals surface area contributed by atoms with E-state index in [-0.39, 0.29) is 11.6 Å². The van der Waals surface area contributed by atoms with Gasteiger partial charge in [-0.3, -0.25) is 14.9 Å². The lowest BCUT2D eigenvalue weighted by Crippen LogP contribution is -2.50. The Morgan fingerprint density at radius 1 is 1.21 bits per heavy atom. The molecule has 0 atom stereocenters. The number of morpholine rings is 1. The van der Waals surface area contributed by atoms with Gasteiger partial charge >= 0.3 is 0 Å². The molecule has 4 rings (SSSR count). The summed E-state index contributed by atoms with van der Waals surface area (Å²) in [6.07, 6.45) is 1.64. The van der Waals surface area contributed by atoms with E-state index < -0.39 is 4.92 Å². The Bertz CT molecular complexity index is 981. The maximum atomic E-state index is 12.8. The summed E-state index contributed by atoms with van der Waals surface area (Å²) in [6, 6.07) is 9.63. The van der Waals surface area contributed by atoms with Gasteiger partial charge in [0.15, 0.2) is 4.32 Å². The number of furan rings is 1. The van der Waals surface area contributed by atoms with Gasteiger partial charge in [0, 0.05) is 36.9 Å². The standard InChI is InChI=1S/C18H15N3O5S2/c22-17-16(28-18(27)20(17)19-6-8-25-9-7-19)11-14-4-5-15(26-14)12-2-1-3-13(10-12)21(23)24/h1-5,10-11H,6-9H2/b16-11+. The Kier molecular flexibility index (Phi) is 5.27. The molecule has 0 radical (unpaired) electrons. The van der Waals surface area contributed by atoms with Gasteiger partial charge in [-0.25, -0.2) is 10.0 Å². The van der Waals surface area contributed by atoms with E-state index in [4.69, 9.17) is 21.4 Å². The fourth-order valence-electron chi connectivity index (χ4n) is 2.94. The largest absolute Gasteiger partial charge is 0.457 e. The molecular formula is C18H15N3O5S2. The molecule has 2 aliphatic rings. The molecule has 0 saturated carbocycles. The first-order valence-corrected chi connectivity index (χ1v) is 9.70. The monoisotopic (exact) mass is 417 g/mol. The van der Waals surface area contributed by atoms with E-state index in [1.54, 1.807) is 30.3 Å². The zero-order valence-corrected chi connectivity index (χ0v) is 16.2. The van der Waals surface area contributed by atoms with Crippen LogP contribution in [-0.4, -0.2) is 51.5 Å². The lowest BCUT2D eigenvalue weighted by atomic mass is 10.1. The van der Waals surface area contributed by atoms with Crippen LogP contribution >= 0.6 is 24.0 Å². The van der Waals surface area contributed by atoms with Crippen LogP contribution in [0.1, 0.15) is 5.76 Å². The second kappa shape index (κ2) is 7.84. The molecule has 0 aliphatic carbocycles. The normalized spacial score (nSPS) is 19.6. The molecule has 2 fully saturated rings. The van der Waals surface area contributed by atoms with Crippen molar-refractivity contribution in [3.63, 3.8) is 0 Å². The van der Waals surface area contributed by atoms with E-state index in [9.17, 15) is 14.9 Å². The number of hydrazine groups is 1. The molecule has 8 nitrogen and oxygen atoms in total. The zero-order chi connectivity index (χ0) is 19.7. The Balaban J connectivity index is 1.55. The summed E-state index contributed by atoms with van der Waals surface area (Å²) < 4.78 is 11.6. The fraction of sp³-hybridized carbons (Fsp3) is 0.222. The van der Waals surface area contributed by atoms with E-state index in [2.05, 4.69) is 0 Å². The number of benzene rings is 1. The number of carbonyl (C=O) groups excluding carboxylic acids is 1. The van der Waals surface area contributed by atoms with E-state index >= 15 is 0 Å². The molecule has 144 valence electrons. The Morgan fingerprint density at radius 2 is 2.00 bits per heavy atom. The maximum absolute atomic E-state index is 12.8. The number of rotatable bonds is 4. The summed E-state index contributed by atoms with van der Waals surface area (Å²) in [5, 5.41) is 14.3. The number of nitrogens with zero attached hydrogens (tertiary/aromatic N) is 3. The summed E-state index contributed by atoms with van der Waals surface area (Å²) >= 11 is 6.58. The number of ether oxygens (including phenoxy) is 1. The summed E-state index contributed by atoms with van der Waals surface area (Å²) in [7, 11) is 0. The molecule has 2 saturated heterocycles. The smallest absolute Gasteiger partial charge is 0.281 e. The third kappa shape index (κ3) is 3.72. The van der Waals surface area contributed by atoms with Crippen molar-refractivity contribution in [3.8, 4) is 11.3 Å². The van der Waals surface area contributed by atoms with Crippen molar-refractivity contribution in [1.82, 2.24) is 10.0 Å². The second-order valence-electron chi connectivity index (χ2n) is 6.07.